The average Bonchev–Trinajstić information content (AvgIpc) is 3.03. The first kappa shape index (κ1) is 15.7. The summed E-state index contributed by atoms with van der Waals surface area (Å²) in [6, 6.07) is 10.1. The lowest BCUT2D eigenvalue weighted by molar-refractivity contribution is -0.122. The highest BCUT2D eigenvalue weighted by Crippen LogP contribution is 2.24. The van der Waals surface area contributed by atoms with Crippen molar-refractivity contribution in [1.82, 2.24) is 10.2 Å². The van der Waals surface area contributed by atoms with Crippen LogP contribution in [0.1, 0.15) is 30.9 Å². The number of likely N-dealkylation sites (tertiary alicyclic amines) is 1. The van der Waals surface area contributed by atoms with E-state index >= 15 is 0 Å². The van der Waals surface area contributed by atoms with Crippen molar-refractivity contribution in [3.05, 3.63) is 48.6 Å². The fourth-order valence-electron chi connectivity index (χ4n) is 2.80. The van der Waals surface area contributed by atoms with Gasteiger partial charge in [0.15, 0.2) is 0 Å². The number of rotatable bonds is 7. The predicted molar refractivity (Wildman–Crippen MR) is 85.8 cm³/mol. The van der Waals surface area contributed by atoms with Gasteiger partial charge in [0.1, 0.15) is 0 Å². The molecule has 1 heterocycles. The Balaban J connectivity index is 1.99. The number of hydrogen-bond acceptors (Lipinski definition) is 3. The first-order valence-electron chi connectivity index (χ1n) is 7.65. The van der Waals surface area contributed by atoms with Gasteiger partial charge in [-0.3, -0.25) is 9.69 Å². The van der Waals surface area contributed by atoms with Crippen LogP contribution in [0.25, 0.3) is 0 Å². The molecule has 0 aliphatic carbocycles. The van der Waals surface area contributed by atoms with Crippen LogP contribution < -0.4 is 11.1 Å². The first-order chi connectivity index (χ1) is 10.2. The van der Waals surface area contributed by atoms with E-state index < -0.39 is 6.04 Å². The molecule has 4 heteroatoms. The Morgan fingerprint density at radius 1 is 1.33 bits per heavy atom. The second-order valence-electron chi connectivity index (χ2n) is 5.55. The van der Waals surface area contributed by atoms with Gasteiger partial charge in [0, 0.05) is 6.54 Å². The molecule has 1 aromatic carbocycles. The lowest BCUT2D eigenvalue weighted by Crippen LogP contribution is -2.44. The molecule has 1 aromatic rings. The molecule has 1 aliphatic heterocycles. The van der Waals surface area contributed by atoms with Crippen LogP contribution in [0.5, 0.6) is 0 Å². The Bertz CT molecular complexity index is 454. The molecule has 0 bridgehead atoms. The highest BCUT2D eigenvalue weighted by atomic mass is 16.2. The standard InChI is InChI=1S/C17H25N3O/c1-2-8-15(18)17(21)19-13-16(20-11-6-7-12-20)14-9-4-3-5-10-14/h2-5,9-10,15-16H,1,6-8,11-13,18H2,(H,19,21). The van der Waals surface area contributed by atoms with E-state index in [2.05, 4.69) is 28.9 Å². The van der Waals surface area contributed by atoms with Crippen molar-refractivity contribution < 1.29 is 4.79 Å². The van der Waals surface area contributed by atoms with E-state index in [1.165, 1.54) is 18.4 Å². The zero-order valence-corrected chi connectivity index (χ0v) is 12.5. The van der Waals surface area contributed by atoms with Gasteiger partial charge in [-0.05, 0) is 37.9 Å². The molecule has 0 spiro atoms. The summed E-state index contributed by atoms with van der Waals surface area (Å²) in [5.41, 5.74) is 7.06. The zero-order chi connectivity index (χ0) is 15.1. The fourth-order valence-corrected chi connectivity index (χ4v) is 2.80. The summed E-state index contributed by atoms with van der Waals surface area (Å²) in [6.07, 6.45) is 4.64. The molecule has 1 amide bonds. The molecular formula is C17H25N3O. The molecule has 0 radical (unpaired) electrons. The quantitative estimate of drug-likeness (QED) is 0.752. The van der Waals surface area contributed by atoms with Crippen molar-refractivity contribution in [2.75, 3.05) is 19.6 Å². The van der Waals surface area contributed by atoms with E-state index in [1.54, 1.807) is 6.08 Å². The SMILES string of the molecule is C=CCC(N)C(=O)NCC(c1ccccc1)N1CCCC1. The smallest absolute Gasteiger partial charge is 0.237 e. The molecule has 2 unspecified atom stereocenters. The maximum atomic E-state index is 12.0. The van der Waals surface area contributed by atoms with E-state index in [9.17, 15) is 4.79 Å². The van der Waals surface area contributed by atoms with Gasteiger partial charge in [-0.1, -0.05) is 36.4 Å². The number of carbonyl (C=O) groups is 1. The summed E-state index contributed by atoms with van der Waals surface area (Å²) < 4.78 is 0. The van der Waals surface area contributed by atoms with Gasteiger partial charge in [0.2, 0.25) is 5.91 Å². The largest absolute Gasteiger partial charge is 0.353 e. The number of hydrogen-bond donors (Lipinski definition) is 2. The molecule has 0 saturated carbocycles. The first-order valence-corrected chi connectivity index (χ1v) is 7.65. The van der Waals surface area contributed by atoms with E-state index in [4.69, 9.17) is 5.73 Å². The molecule has 3 N–H and O–H groups in total. The Morgan fingerprint density at radius 2 is 2.00 bits per heavy atom. The van der Waals surface area contributed by atoms with Crippen LogP contribution in [-0.2, 0) is 4.79 Å². The molecule has 4 nitrogen and oxygen atoms in total. The van der Waals surface area contributed by atoms with Crippen molar-refractivity contribution in [3.8, 4) is 0 Å². The number of nitrogens with one attached hydrogen (secondary N) is 1. The van der Waals surface area contributed by atoms with Gasteiger partial charge in [-0.15, -0.1) is 6.58 Å². The lowest BCUT2D eigenvalue weighted by Gasteiger charge is -2.28. The van der Waals surface area contributed by atoms with Crippen molar-refractivity contribution in [2.45, 2.75) is 31.3 Å². The van der Waals surface area contributed by atoms with Crippen molar-refractivity contribution in [2.24, 2.45) is 5.73 Å². The molecule has 114 valence electrons. The Hall–Kier alpha value is -1.65. The topological polar surface area (TPSA) is 58.4 Å². The Kier molecular flexibility index (Phi) is 5.96. The molecule has 1 aliphatic rings. The van der Waals surface area contributed by atoms with Gasteiger partial charge in [0.05, 0.1) is 12.1 Å². The monoisotopic (exact) mass is 287 g/mol. The fraction of sp³-hybridized carbons (Fsp3) is 0.471. The van der Waals surface area contributed by atoms with Crippen LogP contribution >= 0.6 is 0 Å². The summed E-state index contributed by atoms with van der Waals surface area (Å²) in [7, 11) is 0. The van der Waals surface area contributed by atoms with Crippen LogP contribution in [0.15, 0.2) is 43.0 Å². The maximum absolute atomic E-state index is 12.0. The second kappa shape index (κ2) is 7.96. The Labute approximate surface area is 127 Å². The minimum Gasteiger partial charge on any atom is -0.353 e. The van der Waals surface area contributed by atoms with Crippen LogP contribution in [-0.4, -0.2) is 36.5 Å². The van der Waals surface area contributed by atoms with E-state index in [0.29, 0.717) is 13.0 Å². The molecule has 1 fully saturated rings. The second-order valence-corrected chi connectivity index (χ2v) is 5.55. The van der Waals surface area contributed by atoms with Gasteiger partial charge < -0.3 is 11.1 Å². The number of amides is 1. The molecule has 0 aromatic heterocycles. The zero-order valence-electron chi connectivity index (χ0n) is 12.5. The number of carbonyl (C=O) groups excluding carboxylic acids is 1. The summed E-state index contributed by atoms with van der Waals surface area (Å²) >= 11 is 0. The van der Waals surface area contributed by atoms with Crippen LogP contribution in [0, 0.1) is 0 Å². The van der Waals surface area contributed by atoms with Crippen LogP contribution in [0.3, 0.4) is 0 Å². The molecule has 2 rings (SSSR count). The van der Waals surface area contributed by atoms with Gasteiger partial charge in [-0.2, -0.15) is 0 Å². The van der Waals surface area contributed by atoms with E-state index in [1.807, 2.05) is 18.2 Å². The van der Waals surface area contributed by atoms with Gasteiger partial charge in [0.25, 0.3) is 0 Å². The third kappa shape index (κ3) is 4.41. The highest BCUT2D eigenvalue weighted by Gasteiger charge is 2.24. The Morgan fingerprint density at radius 3 is 2.62 bits per heavy atom. The number of benzene rings is 1. The predicted octanol–water partition coefficient (Wildman–Crippen LogP) is 1.84. The normalized spacial score (nSPS) is 18.1. The third-order valence-electron chi connectivity index (χ3n) is 3.99. The number of nitrogens with zero attached hydrogens (tertiary/aromatic N) is 1. The maximum Gasteiger partial charge on any atom is 0.237 e. The van der Waals surface area contributed by atoms with E-state index in [-0.39, 0.29) is 11.9 Å². The number of nitrogens with two attached hydrogens (primary N) is 1. The van der Waals surface area contributed by atoms with Crippen LogP contribution in [0.4, 0.5) is 0 Å². The molecule has 1 saturated heterocycles. The van der Waals surface area contributed by atoms with Gasteiger partial charge in [-0.25, -0.2) is 0 Å². The minimum atomic E-state index is -0.502. The van der Waals surface area contributed by atoms with Crippen molar-refractivity contribution in [1.29, 1.82) is 0 Å². The molecule has 2 atom stereocenters. The third-order valence-corrected chi connectivity index (χ3v) is 3.99. The summed E-state index contributed by atoms with van der Waals surface area (Å²) in [5.74, 6) is -0.102. The summed E-state index contributed by atoms with van der Waals surface area (Å²) in [6.45, 7) is 6.41. The van der Waals surface area contributed by atoms with E-state index in [0.717, 1.165) is 13.1 Å². The molecule has 21 heavy (non-hydrogen) atoms. The summed E-state index contributed by atoms with van der Waals surface area (Å²) in [4.78, 5) is 14.4. The summed E-state index contributed by atoms with van der Waals surface area (Å²) in [5, 5.41) is 2.99. The van der Waals surface area contributed by atoms with Crippen LogP contribution in [0.2, 0.25) is 0 Å². The van der Waals surface area contributed by atoms with Crippen molar-refractivity contribution >= 4 is 5.91 Å². The van der Waals surface area contributed by atoms with Crippen molar-refractivity contribution in [3.63, 3.8) is 0 Å². The highest BCUT2D eigenvalue weighted by molar-refractivity contribution is 5.81. The minimum absolute atomic E-state index is 0.102. The lowest BCUT2D eigenvalue weighted by atomic mass is 10.1. The molecular weight excluding hydrogens is 262 g/mol. The van der Waals surface area contributed by atoms with Gasteiger partial charge >= 0.3 is 0 Å². The average molecular weight is 287 g/mol.